The first-order chi connectivity index (χ1) is 7.52. The molecule has 0 spiro atoms. The van der Waals surface area contributed by atoms with Crippen LogP contribution in [0.3, 0.4) is 0 Å². The molecule has 0 aliphatic heterocycles. The second-order valence-electron chi connectivity index (χ2n) is 2.85. The molecule has 0 amide bonds. The lowest BCUT2D eigenvalue weighted by Gasteiger charge is -2.12. The van der Waals surface area contributed by atoms with E-state index < -0.39 is 18.0 Å². The summed E-state index contributed by atoms with van der Waals surface area (Å²) in [6, 6.07) is 0. The van der Waals surface area contributed by atoms with Crippen molar-refractivity contribution in [1.82, 2.24) is 4.98 Å². The Morgan fingerprint density at radius 2 is 2.31 bits per heavy atom. The van der Waals surface area contributed by atoms with Crippen LogP contribution >= 0.6 is 11.6 Å². The van der Waals surface area contributed by atoms with Crippen LogP contribution in [0.25, 0.3) is 0 Å². The van der Waals surface area contributed by atoms with Gasteiger partial charge in [0.05, 0.1) is 18.2 Å². The maximum atomic E-state index is 12.6. The van der Waals surface area contributed by atoms with Gasteiger partial charge in [-0.15, -0.1) is 0 Å². The van der Waals surface area contributed by atoms with E-state index in [0.29, 0.717) is 0 Å². The summed E-state index contributed by atoms with van der Waals surface area (Å²) in [5, 5.41) is -0.0766. The summed E-state index contributed by atoms with van der Waals surface area (Å²) >= 11 is 5.66. The molecule has 0 saturated carbocycles. The maximum absolute atomic E-state index is 12.6. The smallest absolute Gasteiger partial charge is 0.338 e. The highest BCUT2D eigenvalue weighted by Crippen LogP contribution is 2.28. The monoisotopic (exact) mass is 250 g/mol. The van der Waals surface area contributed by atoms with E-state index in [1.165, 1.54) is 0 Å². The molecule has 88 valence electrons. The molecule has 0 saturated heterocycles. The van der Waals surface area contributed by atoms with Crippen LogP contribution in [0.15, 0.2) is 6.20 Å². The second-order valence-corrected chi connectivity index (χ2v) is 3.21. The van der Waals surface area contributed by atoms with Gasteiger partial charge < -0.3 is 10.5 Å². The summed E-state index contributed by atoms with van der Waals surface area (Å²) in [5.74, 6) is -0.903. The van der Waals surface area contributed by atoms with Gasteiger partial charge in [-0.1, -0.05) is 11.6 Å². The standard InChI is InChI=1S/C9H9ClF2N2O2/c1-16-9(15)6-4(2-13)7(10)14-3-5(6)8(11)12/h3,8H,2,13H2,1H3. The van der Waals surface area contributed by atoms with E-state index in [1.807, 2.05) is 0 Å². The van der Waals surface area contributed by atoms with E-state index >= 15 is 0 Å². The molecule has 0 unspecified atom stereocenters. The average Bonchev–Trinajstić information content (AvgIpc) is 2.27. The molecular formula is C9H9ClF2N2O2. The van der Waals surface area contributed by atoms with Crippen molar-refractivity contribution in [2.45, 2.75) is 13.0 Å². The number of esters is 1. The Morgan fingerprint density at radius 3 is 2.75 bits per heavy atom. The van der Waals surface area contributed by atoms with Crippen LogP contribution in [0.4, 0.5) is 8.78 Å². The molecular weight excluding hydrogens is 242 g/mol. The third-order valence-electron chi connectivity index (χ3n) is 1.99. The van der Waals surface area contributed by atoms with Crippen molar-refractivity contribution in [3.63, 3.8) is 0 Å². The number of methoxy groups -OCH3 is 1. The number of hydrogen-bond acceptors (Lipinski definition) is 4. The molecule has 1 rings (SSSR count). The van der Waals surface area contributed by atoms with Crippen molar-refractivity contribution in [3.05, 3.63) is 28.0 Å². The van der Waals surface area contributed by atoms with Crippen molar-refractivity contribution in [2.24, 2.45) is 5.73 Å². The number of pyridine rings is 1. The van der Waals surface area contributed by atoms with Gasteiger partial charge in [-0.3, -0.25) is 0 Å². The minimum Gasteiger partial charge on any atom is -0.465 e. The summed E-state index contributed by atoms with van der Waals surface area (Å²) in [4.78, 5) is 14.9. The molecule has 1 heterocycles. The Bertz CT molecular complexity index is 413. The number of aromatic nitrogens is 1. The fourth-order valence-corrected chi connectivity index (χ4v) is 1.46. The molecule has 4 nitrogen and oxygen atoms in total. The highest BCUT2D eigenvalue weighted by Gasteiger charge is 2.24. The molecule has 0 bridgehead atoms. The van der Waals surface area contributed by atoms with E-state index in [4.69, 9.17) is 17.3 Å². The Labute approximate surface area is 95.4 Å². The van der Waals surface area contributed by atoms with Crippen molar-refractivity contribution < 1.29 is 18.3 Å². The van der Waals surface area contributed by atoms with Crippen LogP contribution in [-0.2, 0) is 11.3 Å². The van der Waals surface area contributed by atoms with Crippen molar-refractivity contribution in [1.29, 1.82) is 0 Å². The van der Waals surface area contributed by atoms with Crippen molar-refractivity contribution in [3.8, 4) is 0 Å². The van der Waals surface area contributed by atoms with Crippen LogP contribution in [0, 0.1) is 0 Å². The Kier molecular flexibility index (Phi) is 4.14. The summed E-state index contributed by atoms with van der Waals surface area (Å²) < 4.78 is 29.7. The third kappa shape index (κ3) is 2.28. The van der Waals surface area contributed by atoms with Gasteiger partial charge in [0.25, 0.3) is 6.43 Å². The predicted molar refractivity (Wildman–Crippen MR) is 53.4 cm³/mol. The fraction of sp³-hybridized carbons (Fsp3) is 0.333. The maximum Gasteiger partial charge on any atom is 0.338 e. The van der Waals surface area contributed by atoms with Gasteiger partial charge in [0.1, 0.15) is 5.15 Å². The largest absolute Gasteiger partial charge is 0.465 e. The van der Waals surface area contributed by atoms with Gasteiger partial charge >= 0.3 is 5.97 Å². The molecule has 1 aromatic heterocycles. The second kappa shape index (κ2) is 5.18. The molecule has 0 aliphatic carbocycles. The van der Waals surface area contributed by atoms with E-state index in [-0.39, 0.29) is 22.8 Å². The van der Waals surface area contributed by atoms with Gasteiger partial charge in [-0.2, -0.15) is 0 Å². The summed E-state index contributed by atoms with van der Waals surface area (Å²) in [6.07, 6.45) is -2.00. The van der Waals surface area contributed by atoms with E-state index in [9.17, 15) is 13.6 Å². The summed E-state index contributed by atoms with van der Waals surface area (Å²) in [6.45, 7) is -0.170. The molecule has 16 heavy (non-hydrogen) atoms. The SMILES string of the molecule is COC(=O)c1c(C(F)F)cnc(Cl)c1CN. The molecule has 0 fully saturated rings. The average molecular weight is 251 g/mol. The first-order valence-corrected chi connectivity index (χ1v) is 4.64. The number of ether oxygens (including phenoxy) is 1. The lowest BCUT2D eigenvalue weighted by molar-refractivity contribution is 0.0587. The number of nitrogens with two attached hydrogens (primary N) is 1. The van der Waals surface area contributed by atoms with Crippen LogP contribution in [0.5, 0.6) is 0 Å². The predicted octanol–water partition coefficient (Wildman–Crippen LogP) is 1.92. The molecule has 7 heteroatoms. The first kappa shape index (κ1) is 12.8. The van der Waals surface area contributed by atoms with Crippen LogP contribution in [0.1, 0.15) is 27.9 Å². The van der Waals surface area contributed by atoms with Gasteiger partial charge in [0.15, 0.2) is 0 Å². The third-order valence-corrected chi connectivity index (χ3v) is 2.31. The van der Waals surface area contributed by atoms with Gasteiger partial charge in [0.2, 0.25) is 0 Å². The zero-order valence-corrected chi connectivity index (χ0v) is 9.09. The van der Waals surface area contributed by atoms with E-state index in [1.54, 1.807) is 0 Å². The fourth-order valence-electron chi connectivity index (χ4n) is 1.24. The Balaban J connectivity index is 3.47. The van der Waals surface area contributed by atoms with Crippen molar-refractivity contribution >= 4 is 17.6 Å². The number of halogens is 3. The molecule has 0 atom stereocenters. The van der Waals surface area contributed by atoms with E-state index in [2.05, 4.69) is 9.72 Å². The lowest BCUT2D eigenvalue weighted by atomic mass is 10.0. The topological polar surface area (TPSA) is 65.2 Å². The van der Waals surface area contributed by atoms with Gasteiger partial charge in [-0.05, 0) is 0 Å². The number of carbonyl (C=O) groups is 1. The number of carbonyl (C=O) groups excluding carboxylic acids is 1. The normalized spacial score (nSPS) is 10.6. The van der Waals surface area contributed by atoms with Crippen LogP contribution in [-0.4, -0.2) is 18.1 Å². The van der Waals surface area contributed by atoms with Crippen LogP contribution in [0.2, 0.25) is 5.15 Å². The summed E-state index contributed by atoms with van der Waals surface area (Å²) in [5.41, 5.74) is 4.56. The first-order valence-electron chi connectivity index (χ1n) is 4.26. The minimum absolute atomic E-state index is 0.0614. The Morgan fingerprint density at radius 1 is 1.69 bits per heavy atom. The highest BCUT2D eigenvalue weighted by atomic mass is 35.5. The minimum atomic E-state index is -2.84. The number of alkyl halides is 2. The van der Waals surface area contributed by atoms with E-state index in [0.717, 1.165) is 13.3 Å². The van der Waals surface area contributed by atoms with Gasteiger partial charge in [0, 0.05) is 18.3 Å². The highest BCUT2D eigenvalue weighted by molar-refractivity contribution is 6.30. The zero-order valence-electron chi connectivity index (χ0n) is 8.34. The zero-order chi connectivity index (χ0) is 12.3. The lowest BCUT2D eigenvalue weighted by Crippen LogP contribution is -2.14. The van der Waals surface area contributed by atoms with Crippen LogP contribution < -0.4 is 5.73 Å². The molecule has 2 N–H and O–H groups in total. The number of hydrogen-bond donors (Lipinski definition) is 1. The van der Waals surface area contributed by atoms with Gasteiger partial charge in [-0.25, -0.2) is 18.6 Å². The molecule has 0 aromatic carbocycles. The molecule has 0 radical (unpaired) electrons. The van der Waals surface area contributed by atoms with Crippen molar-refractivity contribution in [2.75, 3.05) is 7.11 Å². The summed E-state index contributed by atoms with van der Waals surface area (Å²) in [7, 11) is 1.09. The number of nitrogens with zero attached hydrogens (tertiary/aromatic N) is 1. The molecule has 1 aromatic rings. The quantitative estimate of drug-likeness (QED) is 0.657. The Hall–Kier alpha value is -1.27. The molecule has 0 aliphatic rings. The number of rotatable bonds is 3.